The third-order valence-corrected chi connectivity index (χ3v) is 5.15. The smallest absolute Gasteiger partial charge is 0.234 e. The Kier molecular flexibility index (Phi) is 5.75. The third-order valence-electron chi connectivity index (χ3n) is 3.65. The Morgan fingerprint density at radius 2 is 1.84 bits per heavy atom. The third kappa shape index (κ3) is 5.31. The van der Waals surface area contributed by atoms with E-state index in [1.54, 1.807) is 6.07 Å². The molecule has 25 heavy (non-hydrogen) atoms. The van der Waals surface area contributed by atoms with E-state index in [0.29, 0.717) is 4.47 Å². The molecule has 0 aromatic heterocycles. The lowest BCUT2D eigenvalue weighted by Gasteiger charge is -2.08. The molecule has 0 heterocycles. The fourth-order valence-electron chi connectivity index (χ4n) is 2.15. The maximum atomic E-state index is 13.7. The van der Waals surface area contributed by atoms with Crippen molar-refractivity contribution in [2.75, 3.05) is 16.4 Å². The minimum Gasteiger partial charge on any atom is -0.326 e. The molecule has 2 aromatic carbocycles. The molecule has 1 aliphatic rings. The van der Waals surface area contributed by atoms with Crippen molar-refractivity contribution >= 4 is 50.9 Å². The largest absolute Gasteiger partial charge is 0.326 e. The van der Waals surface area contributed by atoms with Crippen LogP contribution < -0.4 is 10.6 Å². The van der Waals surface area contributed by atoms with Gasteiger partial charge >= 0.3 is 0 Å². The van der Waals surface area contributed by atoms with Crippen LogP contribution >= 0.6 is 27.7 Å². The Labute approximate surface area is 157 Å². The molecule has 130 valence electrons. The molecule has 0 radical (unpaired) electrons. The summed E-state index contributed by atoms with van der Waals surface area (Å²) in [6.45, 7) is 0. The van der Waals surface area contributed by atoms with E-state index in [-0.39, 0.29) is 29.2 Å². The lowest BCUT2D eigenvalue weighted by molar-refractivity contribution is -0.117. The summed E-state index contributed by atoms with van der Waals surface area (Å²) in [5.41, 5.74) is 0.912. The van der Waals surface area contributed by atoms with Crippen LogP contribution in [0.25, 0.3) is 0 Å². The van der Waals surface area contributed by atoms with E-state index < -0.39 is 5.82 Å². The molecule has 1 aliphatic carbocycles. The Bertz CT molecular complexity index is 794. The van der Waals surface area contributed by atoms with Crippen molar-refractivity contribution in [3.63, 3.8) is 0 Å². The van der Waals surface area contributed by atoms with Gasteiger partial charge < -0.3 is 10.6 Å². The number of rotatable bonds is 6. The average molecular weight is 423 g/mol. The number of hydrogen-bond donors (Lipinski definition) is 2. The second kappa shape index (κ2) is 8.01. The zero-order valence-electron chi connectivity index (χ0n) is 13.2. The van der Waals surface area contributed by atoms with Gasteiger partial charge in [0.15, 0.2) is 0 Å². The molecule has 0 saturated heterocycles. The zero-order chi connectivity index (χ0) is 17.8. The van der Waals surface area contributed by atoms with Crippen molar-refractivity contribution in [2.45, 2.75) is 17.7 Å². The maximum Gasteiger partial charge on any atom is 0.234 e. The second-order valence-corrected chi connectivity index (χ2v) is 7.71. The molecule has 1 saturated carbocycles. The van der Waals surface area contributed by atoms with E-state index >= 15 is 0 Å². The highest BCUT2D eigenvalue weighted by Crippen LogP contribution is 2.30. The molecule has 0 spiro atoms. The van der Waals surface area contributed by atoms with Crippen LogP contribution in [-0.4, -0.2) is 17.6 Å². The summed E-state index contributed by atoms with van der Waals surface area (Å²) in [5.74, 6) is -0.364. The predicted molar refractivity (Wildman–Crippen MR) is 101 cm³/mol. The summed E-state index contributed by atoms with van der Waals surface area (Å²) in [4.78, 5) is 24.5. The van der Waals surface area contributed by atoms with Crippen LogP contribution in [0.15, 0.2) is 51.8 Å². The van der Waals surface area contributed by atoms with E-state index in [1.165, 1.54) is 23.9 Å². The SMILES string of the molecule is O=C(CSc1ccc(NC(=O)C2CC2)cc1)Nc1ccc(Br)cc1F. The second-order valence-electron chi connectivity index (χ2n) is 5.75. The number of benzene rings is 2. The average Bonchev–Trinajstić information content (AvgIpc) is 3.42. The van der Waals surface area contributed by atoms with E-state index in [1.807, 2.05) is 24.3 Å². The molecular formula is C18H16BrFN2O2S. The highest BCUT2D eigenvalue weighted by molar-refractivity contribution is 9.10. The highest BCUT2D eigenvalue weighted by Gasteiger charge is 2.29. The number of amides is 2. The molecule has 3 rings (SSSR count). The maximum absolute atomic E-state index is 13.7. The number of thioether (sulfide) groups is 1. The van der Waals surface area contributed by atoms with Gasteiger partial charge in [-0.05, 0) is 55.3 Å². The first-order valence-corrected chi connectivity index (χ1v) is 9.58. The number of halogens is 2. The standard InChI is InChI=1S/C18H16BrFN2O2S/c19-12-3-8-16(15(20)9-12)22-17(23)10-25-14-6-4-13(5-7-14)21-18(24)11-1-2-11/h3-9,11H,1-2,10H2,(H,21,24)(H,22,23). The predicted octanol–water partition coefficient (Wildman–Crippen LogP) is 4.67. The minimum atomic E-state index is -0.483. The van der Waals surface area contributed by atoms with Crippen LogP contribution in [0.1, 0.15) is 12.8 Å². The first kappa shape index (κ1) is 17.9. The van der Waals surface area contributed by atoms with Gasteiger partial charge in [0.25, 0.3) is 0 Å². The Morgan fingerprint density at radius 3 is 2.48 bits per heavy atom. The number of carbonyl (C=O) groups excluding carboxylic acids is 2. The summed E-state index contributed by atoms with van der Waals surface area (Å²) in [6, 6.07) is 11.8. The number of anilines is 2. The molecule has 7 heteroatoms. The highest BCUT2D eigenvalue weighted by atomic mass is 79.9. The Hall–Kier alpha value is -1.86. The number of nitrogens with one attached hydrogen (secondary N) is 2. The van der Waals surface area contributed by atoms with Gasteiger partial charge in [0, 0.05) is 21.0 Å². The van der Waals surface area contributed by atoms with Crippen LogP contribution in [0.3, 0.4) is 0 Å². The van der Waals surface area contributed by atoms with E-state index in [9.17, 15) is 14.0 Å². The van der Waals surface area contributed by atoms with Crippen molar-refractivity contribution in [3.8, 4) is 0 Å². The van der Waals surface area contributed by atoms with E-state index in [2.05, 4.69) is 26.6 Å². The molecule has 1 fully saturated rings. The quantitative estimate of drug-likeness (QED) is 0.665. The van der Waals surface area contributed by atoms with Crippen molar-refractivity contribution in [1.29, 1.82) is 0 Å². The summed E-state index contributed by atoms with van der Waals surface area (Å²) in [6.07, 6.45) is 1.93. The van der Waals surface area contributed by atoms with Crippen LogP contribution in [-0.2, 0) is 9.59 Å². The fraction of sp³-hybridized carbons (Fsp3) is 0.222. The molecular weight excluding hydrogens is 407 g/mol. The topological polar surface area (TPSA) is 58.2 Å². The molecule has 0 aliphatic heterocycles. The Morgan fingerprint density at radius 1 is 1.12 bits per heavy atom. The molecule has 2 amide bonds. The van der Waals surface area contributed by atoms with Crippen LogP contribution in [0.4, 0.5) is 15.8 Å². The van der Waals surface area contributed by atoms with Crippen LogP contribution in [0, 0.1) is 11.7 Å². The van der Waals surface area contributed by atoms with Gasteiger partial charge in [-0.25, -0.2) is 4.39 Å². The van der Waals surface area contributed by atoms with Crippen LogP contribution in [0.2, 0.25) is 0 Å². The van der Waals surface area contributed by atoms with E-state index in [4.69, 9.17) is 0 Å². The lowest BCUT2D eigenvalue weighted by atomic mass is 10.3. The number of carbonyl (C=O) groups is 2. The lowest BCUT2D eigenvalue weighted by Crippen LogP contribution is -2.15. The first-order valence-electron chi connectivity index (χ1n) is 7.80. The van der Waals surface area contributed by atoms with Gasteiger partial charge in [-0.2, -0.15) is 0 Å². The Balaban J connectivity index is 1.49. The normalized spacial score (nSPS) is 13.4. The monoisotopic (exact) mass is 422 g/mol. The van der Waals surface area contributed by atoms with Crippen molar-refractivity contribution in [1.82, 2.24) is 0 Å². The molecule has 4 nitrogen and oxygen atoms in total. The fourth-order valence-corrected chi connectivity index (χ4v) is 3.18. The number of hydrogen-bond acceptors (Lipinski definition) is 3. The minimum absolute atomic E-state index is 0.0660. The van der Waals surface area contributed by atoms with Crippen molar-refractivity contribution in [3.05, 3.63) is 52.8 Å². The van der Waals surface area contributed by atoms with Gasteiger partial charge in [0.1, 0.15) is 5.82 Å². The van der Waals surface area contributed by atoms with Crippen molar-refractivity contribution in [2.24, 2.45) is 5.92 Å². The molecule has 0 unspecified atom stereocenters. The summed E-state index contributed by atoms with van der Waals surface area (Å²) < 4.78 is 14.3. The summed E-state index contributed by atoms with van der Waals surface area (Å²) in [5, 5.41) is 5.42. The summed E-state index contributed by atoms with van der Waals surface area (Å²) >= 11 is 4.52. The summed E-state index contributed by atoms with van der Waals surface area (Å²) in [7, 11) is 0. The van der Waals surface area contributed by atoms with Crippen LogP contribution in [0.5, 0.6) is 0 Å². The molecule has 2 N–H and O–H groups in total. The van der Waals surface area contributed by atoms with Gasteiger partial charge in [0.2, 0.25) is 11.8 Å². The first-order chi connectivity index (χ1) is 12.0. The van der Waals surface area contributed by atoms with Gasteiger partial charge in [-0.15, -0.1) is 11.8 Å². The van der Waals surface area contributed by atoms with E-state index in [0.717, 1.165) is 23.4 Å². The molecule has 0 atom stereocenters. The molecule has 0 bridgehead atoms. The zero-order valence-corrected chi connectivity index (χ0v) is 15.6. The molecule has 2 aromatic rings. The van der Waals surface area contributed by atoms with Gasteiger partial charge in [-0.1, -0.05) is 15.9 Å². The van der Waals surface area contributed by atoms with Gasteiger partial charge in [-0.3, -0.25) is 9.59 Å². The van der Waals surface area contributed by atoms with Crippen molar-refractivity contribution < 1.29 is 14.0 Å². The van der Waals surface area contributed by atoms with Gasteiger partial charge in [0.05, 0.1) is 11.4 Å².